The molecule has 1 aromatic heterocycles. The lowest BCUT2D eigenvalue weighted by Gasteiger charge is -2.31. The van der Waals surface area contributed by atoms with E-state index in [4.69, 9.17) is 28.5 Å². The van der Waals surface area contributed by atoms with E-state index in [-0.39, 0.29) is 0 Å². The number of hydrogen-bond donors (Lipinski definition) is 0. The van der Waals surface area contributed by atoms with Gasteiger partial charge in [0.05, 0.1) is 5.56 Å². The molecule has 1 aliphatic rings. The zero-order chi connectivity index (χ0) is 13.7. The Morgan fingerprint density at radius 3 is 2.74 bits per heavy atom. The smallest absolute Gasteiger partial charge is 0.101 e. The van der Waals surface area contributed by atoms with Crippen LogP contribution in [-0.4, -0.2) is 29.5 Å². The van der Waals surface area contributed by atoms with Gasteiger partial charge in [0.15, 0.2) is 0 Å². The Balaban J connectivity index is 1.90. The first-order valence-electron chi connectivity index (χ1n) is 6.26. The summed E-state index contributed by atoms with van der Waals surface area (Å²) in [5, 5.41) is 9.43. The molecule has 0 aliphatic carbocycles. The fourth-order valence-electron chi connectivity index (χ4n) is 2.35. The third-order valence-corrected chi connectivity index (χ3v) is 4.02. The standard InChI is InChI=1S/C14H15Cl2N3/c15-7-13(16)10-19-5-3-12(4-6-19)14-2-1-11(8-17)9-18-14/h1-2,7,9,12H,3-6,10H2/b13-7-. The van der Waals surface area contributed by atoms with Crippen LogP contribution in [0.1, 0.15) is 30.0 Å². The Morgan fingerprint density at radius 1 is 1.47 bits per heavy atom. The number of halogens is 2. The normalized spacial score (nSPS) is 18.3. The average Bonchev–Trinajstić information content (AvgIpc) is 2.48. The molecule has 100 valence electrons. The molecular formula is C14H15Cl2N3. The highest BCUT2D eigenvalue weighted by Crippen LogP contribution is 2.27. The largest absolute Gasteiger partial charge is 0.298 e. The number of likely N-dealkylation sites (tertiary alicyclic amines) is 1. The SMILES string of the molecule is N#Cc1ccc(C2CCN(C/C(Cl)=C/Cl)CC2)nc1. The molecule has 0 atom stereocenters. The molecule has 0 amide bonds. The van der Waals surface area contributed by atoms with Crippen molar-refractivity contribution in [1.82, 2.24) is 9.88 Å². The van der Waals surface area contributed by atoms with Crippen LogP contribution < -0.4 is 0 Å². The highest BCUT2D eigenvalue weighted by molar-refractivity contribution is 6.36. The van der Waals surface area contributed by atoms with Gasteiger partial charge in [-0.2, -0.15) is 5.26 Å². The number of pyridine rings is 1. The maximum Gasteiger partial charge on any atom is 0.101 e. The molecule has 1 fully saturated rings. The van der Waals surface area contributed by atoms with Crippen molar-refractivity contribution in [2.45, 2.75) is 18.8 Å². The highest BCUT2D eigenvalue weighted by Gasteiger charge is 2.21. The summed E-state index contributed by atoms with van der Waals surface area (Å²) in [4.78, 5) is 6.67. The molecule has 1 aliphatic heterocycles. The summed E-state index contributed by atoms with van der Waals surface area (Å²) >= 11 is 11.5. The molecule has 5 heteroatoms. The number of rotatable bonds is 3. The second-order valence-corrected chi connectivity index (χ2v) is 5.39. The van der Waals surface area contributed by atoms with Gasteiger partial charge in [0.2, 0.25) is 0 Å². The van der Waals surface area contributed by atoms with E-state index in [0.717, 1.165) is 38.2 Å². The van der Waals surface area contributed by atoms with Crippen LogP contribution in [0.15, 0.2) is 28.9 Å². The molecule has 0 spiro atoms. The van der Waals surface area contributed by atoms with Gasteiger partial charge in [-0.1, -0.05) is 23.2 Å². The number of nitriles is 1. The molecular weight excluding hydrogens is 281 g/mol. The van der Waals surface area contributed by atoms with Crippen molar-refractivity contribution in [3.8, 4) is 6.07 Å². The minimum absolute atomic E-state index is 0.475. The van der Waals surface area contributed by atoms with Gasteiger partial charge in [-0.3, -0.25) is 9.88 Å². The van der Waals surface area contributed by atoms with E-state index in [1.54, 1.807) is 6.20 Å². The Kier molecular flexibility index (Phi) is 5.21. The van der Waals surface area contributed by atoms with Crippen LogP contribution in [-0.2, 0) is 0 Å². The molecule has 0 saturated carbocycles. The van der Waals surface area contributed by atoms with Crippen molar-refractivity contribution in [3.63, 3.8) is 0 Å². The van der Waals surface area contributed by atoms with Crippen LogP contribution in [0, 0.1) is 11.3 Å². The molecule has 2 rings (SSSR count). The van der Waals surface area contributed by atoms with E-state index in [0.29, 0.717) is 16.5 Å². The number of aromatic nitrogens is 1. The summed E-state index contributed by atoms with van der Waals surface area (Å²) in [6.07, 6.45) is 3.77. The van der Waals surface area contributed by atoms with Gasteiger partial charge in [0.1, 0.15) is 6.07 Å². The van der Waals surface area contributed by atoms with Crippen molar-refractivity contribution in [3.05, 3.63) is 40.2 Å². The quantitative estimate of drug-likeness (QED) is 0.857. The summed E-state index contributed by atoms with van der Waals surface area (Å²) in [5.74, 6) is 0.475. The highest BCUT2D eigenvalue weighted by atomic mass is 35.5. The molecule has 0 radical (unpaired) electrons. The lowest BCUT2D eigenvalue weighted by Crippen LogP contribution is -2.34. The van der Waals surface area contributed by atoms with E-state index < -0.39 is 0 Å². The van der Waals surface area contributed by atoms with E-state index in [1.165, 1.54) is 5.54 Å². The first-order chi connectivity index (χ1) is 9.22. The molecule has 0 unspecified atom stereocenters. The summed E-state index contributed by atoms with van der Waals surface area (Å²) in [5.41, 5.74) is 3.12. The van der Waals surface area contributed by atoms with Gasteiger partial charge < -0.3 is 0 Å². The van der Waals surface area contributed by atoms with E-state index in [1.807, 2.05) is 12.1 Å². The predicted octanol–water partition coefficient (Wildman–Crippen LogP) is 3.45. The van der Waals surface area contributed by atoms with Crippen LogP contribution in [0.5, 0.6) is 0 Å². The Labute approximate surface area is 123 Å². The molecule has 3 nitrogen and oxygen atoms in total. The van der Waals surface area contributed by atoms with E-state index in [2.05, 4.69) is 16.0 Å². The predicted molar refractivity (Wildman–Crippen MR) is 77.2 cm³/mol. The lowest BCUT2D eigenvalue weighted by atomic mass is 9.93. The fourth-order valence-corrected chi connectivity index (χ4v) is 2.59. The van der Waals surface area contributed by atoms with Gasteiger partial charge in [-0.05, 0) is 38.1 Å². The van der Waals surface area contributed by atoms with Crippen molar-refractivity contribution < 1.29 is 0 Å². The number of hydrogen-bond acceptors (Lipinski definition) is 3. The molecule has 0 N–H and O–H groups in total. The summed E-state index contributed by atoms with van der Waals surface area (Å²) in [6, 6.07) is 5.89. The van der Waals surface area contributed by atoms with Gasteiger partial charge in [0.25, 0.3) is 0 Å². The van der Waals surface area contributed by atoms with E-state index >= 15 is 0 Å². The van der Waals surface area contributed by atoms with Gasteiger partial charge >= 0.3 is 0 Å². The third-order valence-electron chi connectivity index (χ3n) is 3.41. The van der Waals surface area contributed by atoms with Gasteiger partial charge in [-0.15, -0.1) is 0 Å². The van der Waals surface area contributed by atoms with Crippen LogP contribution in [0.4, 0.5) is 0 Å². The number of nitrogens with zero attached hydrogens (tertiary/aromatic N) is 3. The van der Waals surface area contributed by atoms with Crippen LogP contribution >= 0.6 is 23.2 Å². The Bertz CT molecular complexity index is 482. The molecule has 1 aromatic rings. The second-order valence-electron chi connectivity index (χ2n) is 4.69. The minimum Gasteiger partial charge on any atom is -0.298 e. The second kappa shape index (κ2) is 6.91. The zero-order valence-corrected chi connectivity index (χ0v) is 12.0. The minimum atomic E-state index is 0.475. The maximum absolute atomic E-state index is 8.76. The average molecular weight is 296 g/mol. The molecule has 2 heterocycles. The summed E-state index contributed by atoms with van der Waals surface area (Å²) in [7, 11) is 0. The van der Waals surface area contributed by atoms with Gasteiger partial charge in [-0.25, -0.2) is 0 Å². The third kappa shape index (κ3) is 3.94. The molecule has 19 heavy (non-hydrogen) atoms. The lowest BCUT2D eigenvalue weighted by molar-refractivity contribution is 0.229. The van der Waals surface area contributed by atoms with Crippen molar-refractivity contribution in [2.24, 2.45) is 0 Å². The summed E-state index contributed by atoms with van der Waals surface area (Å²) < 4.78 is 0. The van der Waals surface area contributed by atoms with Crippen LogP contribution in [0.25, 0.3) is 0 Å². The molecule has 0 bridgehead atoms. The number of piperidine rings is 1. The van der Waals surface area contributed by atoms with Crippen molar-refractivity contribution in [2.75, 3.05) is 19.6 Å². The summed E-state index contributed by atoms with van der Waals surface area (Å²) in [6.45, 7) is 2.71. The van der Waals surface area contributed by atoms with Crippen molar-refractivity contribution >= 4 is 23.2 Å². The molecule has 1 saturated heterocycles. The van der Waals surface area contributed by atoms with Crippen molar-refractivity contribution in [1.29, 1.82) is 5.26 Å². The first kappa shape index (κ1) is 14.3. The topological polar surface area (TPSA) is 39.9 Å². The van der Waals surface area contributed by atoms with Gasteiger partial charge in [0, 0.05) is 34.9 Å². The Morgan fingerprint density at radius 2 is 2.21 bits per heavy atom. The monoisotopic (exact) mass is 295 g/mol. The van der Waals surface area contributed by atoms with Crippen LogP contribution in [0.2, 0.25) is 0 Å². The molecule has 0 aromatic carbocycles. The Hall–Kier alpha value is -1.08. The maximum atomic E-state index is 8.76. The van der Waals surface area contributed by atoms with E-state index in [9.17, 15) is 0 Å². The zero-order valence-electron chi connectivity index (χ0n) is 10.5. The fraction of sp³-hybridized carbons (Fsp3) is 0.429. The first-order valence-corrected chi connectivity index (χ1v) is 7.07. The van der Waals surface area contributed by atoms with Crippen LogP contribution in [0.3, 0.4) is 0 Å².